The minimum atomic E-state index is -0.599. The van der Waals surface area contributed by atoms with Gasteiger partial charge in [0, 0.05) is 17.6 Å². The van der Waals surface area contributed by atoms with Crippen LogP contribution in [0.2, 0.25) is 0 Å². The summed E-state index contributed by atoms with van der Waals surface area (Å²) in [7, 11) is 3.10. The van der Waals surface area contributed by atoms with E-state index in [1.54, 1.807) is 64.6 Å². The van der Waals surface area contributed by atoms with Crippen molar-refractivity contribution in [3.8, 4) is 23.0 Å². The molecule has 0 aliphatic carbocycles. The van der Waals surface area contributed by atoms with Crippen molar-refractivity contribution in [2.45, 2.75) is 20.4 Å². The van der Waals surface area contributed by atoms with E-state index in [1.807, 2.05) is 0 Å². The molecule has 0 bridgehead atoms. The van der Waals surface area contributed by atoms with Crippen molar-refractivity contribution in [2.75, 3.05) is 20.8 Å². The van der Waals surface area contributed by atoms with Gasteiger partial charge in [-0.3, -0.25) is 19.3 Å². The van der Waals surface area contributed by atoms with E-state index in [4.69, 9.17) is 24.7 Å². The van der Waals surface area contributed by atoms with Crippen LogP contribution < -0.4 is 30.0 Å². The summed E-state index contributed by atoms with van der Waals surface area (Å²) < 4.78 is 23.2. The number of ether oxygens (including phenoxy) is 4. The molecule has 0 saturated heterocycles. The molecule has 2 heterocycles. The molecule has 37 heavy (non-hydrogen) atoms. The SMILES string of the molecule is C\C=C/C(=N\C=C\Oc1ccnc2cc(OC)c(OC)cc12)NC(=O)c1nn(CC(N)=O)cc1OCC. The number of primary amides is 1. The number of fused-ring (bicyclic) bond motifs is 1. The molecule has 0 radical (unpaired) electrons. The average Bonchev–Trinajstić information content (AvgIpc) is 3.27. The molecule has 194 valence electrons. The molecule has 0 saturated carbocycles. The minimum absolute atomic E-state index is 0.00633. The van der Waals surface area contributed by atoms with Crippen LogP contribution in [-0.4, -0.2) is 53.2 Å². The maximum absolute atomic E-state index is 12.9. The van der Waals surface area contributed by atoms with E-state index in [2.05, 4.69) is 20.4 Å². The number of aromatic nitrogens is 3. The Kier molecular flexibility index (Phi) is 9.19. The van der Waals surface area contributed by atoms with Crippen LogP contribution >= 0.6 is 0 Å². The molecule has 12 nitrogen and oxygen atoms in total. The summed E-state index contributed by atoms with van der Waals surface area (Å²) in [5, 5.41) is 7.48. The second-order valence-electron chi connectivity index (χ2n) is 7.34. The first-order chi connectivity index (χ1) is 17.9. The zero-order valence-electron chi connectivity index (χ0n) is 20.9. The van der Waals surface area contributed by atoms with Gasteiger partial charge in [-0.1, -0.05) is 6.08 Å². The highest BCUT2D eigenvalue weighted by molar-refractivity contribution is 6.10. The summed E-state index contributed by atoms with van der Waals surface area (Å²) in [6.07, 6.45) is 9.11. The van der Waals surface area contributed by atoms with Crippen LogP contribution in [0.3, 0.4) is 0 Å². The molecule has 0 aliphatic rings. The Morgan fingerprint density at radius 3 is 2.59 bits per heavy atom. The molecule has 3 N–H and O–H groups in total. The molecule has 0 aliphatic heterocycles. The fraction of sp³-hybridized carbons (Fsp3) is 0.240. The van der Waals surface area contributed by atoms with Gasteiger partial charge in [-0.2, -0.15) is 5.10 Å². The fourth-order valence-corrected chi connectivity index (χ4v) is 3.28. The van der Waals surface area contributed by atoms with Crippen molar-refractivity contribution in [1.29, 1.82) is 0 Å². The smallest absolute Gasteiger partial charge is 0.281 e. The Hall–Kier alpha value is -4.87. The Morgan fingerprint density at radius 1 is 1.16 bits per heavy atom. The first-order valence-corrected chi connectivity index (χ1v) is 11.2. The molecule has 3 rings (SSSR count). The van der Waals surface area contributed by atoms with Crippen LogP contribution in [0.25, 0.3) is 10.9 Å². The summed E-state index contributed by atoms with van der Waals surface area (Å²) in [6.45, 7) is 3.66. The third-order valence-corrected chi connectivity index (χ3v) is 4.80. The lowest BCUT2D eigenvalue weighted by Crippen LogP contribution is -2.30. The molecule has 0 fully saturated rings. The molecule has 0 spiro atoms. The van der Waals surface area contributed by atoms with Gasteiger partial charge < -0.3 is 30.0 Å². The molecule has 0 atom stereocenters. The third-order valence-electron chi connectivity index (χ3n) is 4.80. The van der Waals surface area contributed by atoms with Crippen molar-refractivity contribution in [2.24, 2.45) is 10.7 Å². The summed E-state index contributed by atoms with van der Waals surface area (Å²) in [4.78, 5) is 32.7. The van der Waals surface area contributed by atoms with Gasteiger partial charge in [0.25, 0.3) is 5.91 Å². The molecule has 12 heteroatoms. The third kappa shape index (κ3) is 6.84. The Morgan fingerprint density at radius 2 is 1.92 bits per heavy atom. The zero-order valence-corrected chi connectivity index (χ0v) is 20.9. The van der Waals surface area contributed by atoms with Crippen LogP contribution in [0.15, 0.2) is 60.2 Å². The second-order valence-corrected chi connectivity index (χ2v) is 7.34. The van der Waals surface area contributed by atoms with Crippen molar-refractivity contribution >= 4 is 28.6 Å². The monoisotopic (exact) mass is 508 g/mol. The highest BCUT2D eigenvalue weighted by Crippen LogP contribution is 2.35. The Balaban J connectivity index is 1.78. The van der Waals surface area contributed by atoms with E-state index in [9.17, 15) is 9.59 Å². The number of methoxy groups -OCH3 is 2. The van der Waals surface area contributed by atoms with Gasteiger partial charge in [0.1, 0.15) is 24.4 Å². The lowest BCUT2D eigenvalue weighted by molar-refractivity contribution is -0.118. The normalized spacial score (nSPS) is 11.7. The largest absolute Gasteiger partial charge is 0.493 e. The number of amides is 2. The van der Waals surface area contributed by atoms with E-state index < -0.39 is 11.8 Å². The molecule has 2 aromatic heterocycles. The first-order valence-electron chi connectivity index (χ1n) is 11.2. The molecule has 1 aromatic carbocycles. The van der Waals surface area contributed by atoms with E-state index in [0.29, 0.717) is 34.8 Å². The number of rotatable bonds is 11. The predicted molar refractivity (Wildman–Crippen MR) is 137 cm³/mol. The number of pyridine rings is 1. The number of benzene rings is 1. The van der Waals surface area contributed by atoms with Gasteiger partial charge in [0.2, 0.25) is 5.91 Å². The maximum atomic E-state index is 12.9. The summed E-state index contributed by atoms with van der Waals surface area (Å²) >= 11 is 0. The van der Waals surface area contributed by atoms with Crippen molar-refractivity contribution in [3.63, 3.8) is 0 Å². The van der Waals surface area contributed by atoms with E-state index >= 15 is 0 Å². The molecule has 0 unspecified atom stereocenters. The quantitative estimate of drug-likeness (QED) is 0.228. The zero-order chi connectivity index (χ0) is 26.8. The molecule has 3 aromatic rings. The van der Waals surface area contributed by atoms with Gasteiger partial charge in [0.15, 0.2) is 22.9 Å². The lowest BCUT2D eigenvalue weighted by atomic mass is 10.2. The Labute approximate surface area is 213 Å². The van der Waals surface area contributed by atoms with Gasteiger partial charge in [-0.25, -0.2) is 4.99 Å². The van der Waals surface area contributed by atoms with Crippen LogP contribution in [0.5, 0.6) is 23.0 Å². The molecular formula is C25H28N6O6. The highest BCUT2D eigenvalue weighted by Gasteiger charge is 2.19. The molecule has 2 amide bonds. The summed E-state index contributed by atoms with van der Waals surface area (Å²) in [6, 6.07) is 5.23. The number of carbonyl (C=O) groups is 2. The summed E-state index contributed by atoms with van der Waals surface area (Å²) in [5.41, 5.74) is 5.87. The van der Waals surface area contributed by atoms with Crippen LogP contribution in [0.4, 0.5) is 0 Å². The van der Waals surface area contributed by atoms with Gasteiger partial charge in [0.05, 0.1) is 38.7 Å². The van der Waals surface area contributed by atoms with E-state index in [1.165, 1.54) is 23.3 Å². The van der Waals surface area contributed by atoms with Crippen molar-refractivity contribution < 1.29 is 28.5 Å². The van der Waals surface area contributed by atoms with Gasteiger partial charge in [-0.05, 0) is 32.1 Å². The van der Waals surface area contributed by atoms with E-state index in [0.717, 1.165) is 0 Å². The predicted octanol–water partition coefficient (Wildman–Crippen LogP) is 2.59. The minimum Gasteiger partial charge on any atom is -0.493 e. The lowest BCUT2D eigenvalue weighted by Gasteiger charge is -2.10. The second kappa shape index (κ2) is 12.7. The number of allylic oxidation sites excluding steroid dienone is 1. The molecular weight excluding hydrogens is 480 g/mol. The number of aliphatic imine (C=N–C) groups is 1. The number of carbonyl (C=O) groups excluding carboxylic acids is 2. The average molecular weight is 509 g/mol. The number of hydrogen-bond acceptors (Lipinski definition) is 9. The van der Waals surface area contributed by atoms with Crippen LogP contribution in [0.1, 0.15) is 24.3 Å². The fourth-order valence-electron chi connectivity index (χ4n) is 3.28. The van der Waals surface area contributed by atoms with Gasteiger partial charge in [-0.15, -0.1) is 0 Å². The van der Waals surface area contributed by atoms with Gasteiger partial charge >= 0.3 is 0 Å². The van der Waals surface area contributed by atoms with Crippen LogP contribution in [-0.2, 0) is 11.3 Å². The first kappa shape index (κ1) is 26.7. The number of hydrogen-bond donors (Lipinski definition) is 2. The van der Waals surface area contributed by atoms with Crippen LogP contribution in [0, 0.1) is 0 Å². The highest BCUT2D eigenvalue weighted by atomic mass is 16.5. The summed E-state index contributed by atoms with van der Waals surface area (Å²) in [5.74, 6) is 0.894. The number of nitrogens with two attached hydrogens (primary N) is 1. The number of nitrogens with one attached hydrogen (secondary N) is 1. The standard InChI is InChI=1S/C25H28N6O6/c1-5-7-23(29-25(33)24-21(36-6-2)14-31(30-24)15-22(26)32)28-10-11-37-18-8-9-27-17-13-20(35-4)19(34-3)12-16(17)18/h5,7-14H,6,15H2,1-4H3,(H2,26,32)(H,28,29,33)/b7-5-,11-10+. The van der Waals surface area contributed by atoms with Crippen molar-refractivity contribution in [1.82, 2.24) is 20.1 Å². The Bertz CT molecular complexity index is 1360. The van der Waals surface area contributed by atoms with E-state index in [-0.39, 0.29) is 23.8 Å². The van der Waals surface area contributed by atoms with Crippen molar-refractivity contribution in [3.05, 3.63) is 60.9 Å². The topological polar surface area (TPSA) is 152 Å². The number of nitrogens with zero attached hydrogens (tertiary/aromatic N) is 4. The maximum Gasteiger partial charge on any atom is 0.281 e. The number of amidine groups is 1.